The van der Waals surface area contributed by atoms with Gasteiger partial charge in [0.1, 0.15) is 5.75 Å². The van der Waals surface area contributed by atoms with Crippen LogP contribution in [0.4, 0.5) is 18.9 Å². The van der Waals surface area contributed by atoms with Gasteiger partial charge in [-0.15, -0.1) is 0 Å². The summed E-state index contributed by atoms with van der Waals surface area (Å²) in [7, 11) is 0. The van der Waals surface area contributed by atoms with E-state index in [2.05, 4.69) is 0 Å². The fraction of sp³-hybridized carbons (Fsp3) is 0.364. The average Bonchev–Trinajstić information content (AvgIpc) is 2.24. The number of halogens is 3. The number of carbonyl (C=O) groups is 1. The van der Waals surface area contributed by atoms with Gasteiger partial charge < -0.3 is 16.2 Å². The first-order valence-electron chi connectivity index (χ1n) is 5.18. The lowest BCUT2D eigenvalue weighted by atomic mass is 10.2. The van der Waals surface area contributed by atoms with Crippen LogP contribution in [0, 0.1) is 0 Å². The quantitative estimate of drug-likeness (QED) is 0.630. The number of carbonyl (C=O) groups excluding carboxylic acids is 1. The third-order valence-electron chi connectivity index (χ3n) is 2.16. The van der Waals surface area contributed by atoms with Crippen molar-refractivity contribution in [2.75, 3.05) is 12.3 Å². The summed E-state index contributed by atoms with van der Waals surface area (Å²) in [5, 5.41) is 0. The molecule has 0 saturated carbocycles. The molecule has 0 fully saturated rings. The van der Waals surface area contributed by atoms with Crippen LogP contribution < -0.4 is 16.2 Å². The Morgan fingerprint density at radius 2 is 2.00 bits per heavy atom. The van der Waals surface area contributed by atoms with Gasteiger partial charge in [-0.1, -0.05) is 0 Å². The molecule has 0 bridgehead atoms. The van der Waals surface area contributed by atoms with Gasteiger partial charge in [-0.05, 0) is 24.6 Å². The number of primary amides is 1. The van der Waals surface area contributed by atoms with Crippen molar-refractivity contribution in [2.24, 2.45) is 5.73 Å². The largest absolute Gasteiger partial charge is 0.491 e. The zero-order valence-electron chi connectivity index (χ0n) is 9.46. The van der Waals surface area contributed by atoms with Gasteiger partial charge in [0.15, 0.2) is 0 Å². The topological polar surface area (TPSA) is 78.3 Å². The second-order valence-electron chi connectivity index (χ2n) is 3.68. The number of alkyl halides is 3. The first kappa shape index (κ1) is 14.1. The highest BCUT2D eigenvalue weighted by Gasteiger charge is 2.26. The van der Waals surface area contributed by atoms with Gasteiger partial charge >= 0.3 is 6.18 Å². The molecule has 4 nitrogen and oxygen atoms in total. The fourth-order valence-electron chi connectivity index (χ4n) is 1.27. The van der Waals surface area contributed by atoms with Crippen molar-refractivity contribution in [3.8, 4) is 5.75 Å². The molecule has 1 aromatic rings. The maximum atomic E-state index is 11.9. The SMILES string of the molecule is NC(=O)c1ccc(N)c(OCCCC(F)(F)F)c1. The molecule has 0 atom stereocenters. The molecule has 18 heavy (non-hydrogen) atoms. The Kier molecular flexibility index (Phi) is 4.41. The number of nitrogens with two attached hydrogens (primary N) is 2. The normalized spacial score (nSPS) is 11.3. The third kappa shape index (κ3) is 4.52. The minimum atomic E-state index is -4.20. The number of anilines is 1. The minimum absolute atomic E-state index is 0.133. The van der Waals surface area contributed by atoms with Crippen LogP contribution in [0.5, 0.6) is 5.75 Å². The molecule has 0 aliphatic heterocycles. The molecule has 100 valence electrons. The highest BCUT2D eigenvalue weighted by atomic mass is 19.4. The molecule has 1 rings (SSSR count). The van der Waals surface area contributed by atoms with Crippen LogP contribution >= 0.6 is 0 Å². The van der Waals surface area contributed by atoms with Crippen LogP contribution in [0.2, 0.25) is 0 Å². The zero-order chi connectivity index (χ0) is 13.8. The standard InChI is InChI=1S/C11H13F3N2O2/c12-11(13,14)4-1-5-18-9-6-7(10(16)17)2-3-8(9)15/h2-3,6H,1,4-5,15H2,(H2,16,17). The molecule has 1 amide bonds. The van der Waals surface area contributed by atoms with Gasteiger partial charge in [-0.25, -0.2) is 0 Å². The van der Waals surface area contributed by atoms with Gasteiger partial charge in [-0.3, -0.25) is 4.79 Å². The van der Waals surface area contributed by atoms with Crippen LogP contribution in [0.25, 0.3) is 0 Å². The molecular formula is C11H13F3N2O2. The maximum Gasteiger partial charge on any atom is 0.389 e. The molecule has 0 saturated heterocycles. The monoisotopic (exact) mass is 262 g/mol. The third-order valence-corrected chi connectivity index (χ3v) is 2.16. The predicted octanol–water partition coefficient (Wildman–Crippen LogP) is 2.09. The Morgan fingerprint density at radius 3 is 2.56 bits per heavy atom. The Bertz CT molecular complexity index is 433. The summed E-state index contributed by atoms with van der Waals surface area (Å²) in [5.74, 6) is -0.497. The first-order chi connectivity index (χ1) is 8.29. The van der Waals surface area contributed by atoms with Gasteiger partial charge in [0.05, 0.1) is 12.3 Å². The Balaban J connectivity index is 2.56. The summed E-state index contributed by atoms with van der Waals surface area (Å²) < 4.78 is 40.8. The molecule has 0 aromatic heterocycles. The van der Waals surface area contributed by atoms with Crippen molar-refractivity contribution in [3.63, 3.8) is 0 Å². The van der Waals surface area contributed by atoms with Crippen LogP contribution in [0.1, 0.15) is 23.2 Å². The lowest BCUT2D eigenvalue weighted by molar-refractivity contribution is -0.136. The average molecular weight is 262 g/mol. The van der Waals surface area contributed by atoms with E-state index in [9.17, 15) is 18.0 Å². The van der Waals surface area contributed by atoms with Crippen molar-refractivity contribution < 1.29 is 22.7 Å². The van der Waals surface area contributed by atoms with Crippen molar-refractivity contribution >= 4 is 11.6 Å². The van der Waals surface area contributed by atoms with Crippen molar-refractivity contribution in [1.29, 1.82) is 0 Å². The summed E-state index contributed by atoms with van der Waals surface area (Å²) in [6.07, 6.45) is -5.31. The second-order valence-corrected chi connectivity index (χ2v) is 3.68. The van der Waals surface area contributed by atoms with Crippen LogP contribution in [0.15, 0.2) is 18.2 Å². The molecule has 7 heteroatoms. The molecule has 0 spiro atoms. The fourth-order valence-corrected chi connectivity index (χ4v) is 1.27. The number of rotatable bonds is 5. The van der Waals surface area contributed by atoms with Crippen molar-refractivity contribution in [3.05, 3.63) is 23.8 Å². The van der Waals surface area contributed by atoms with Gasteiger partial charge in [0.2, 0.25) is 5.91 Å². The molecule has 4 N–H and O–H groups in total. The number of ether oxygens (including phenoxy) is 1. The van der Waals surface area contributed by atoms with Crippen molar-refractivity contribution in [2.45, 2.75) is 19.0 Å². The summed E-state index contributed by atoms with van der Waals surface area (Å²) in [4.78, 5) is 10.9. The van der Waals surface area contributed by atoms with E-state index < -0.39 is 18.5 Å². The van der Waals surface area contributed by atoms with E-state index in [1.54, 1.807) is 0 Å². The molecular weight excluding hydrogens is 249 g/mol. The van der Waals surface area contributed by atoms with Crippen LogP contribution in [-0.2, 0) is 0 Å². The van der Waals surface area contributed by atoms with Crippen LogP contribution in [0.3, 0.4) is 0 Å². The van der Waals surface area contributed by atoms with Gasteiger partial charge in [-0.2, -0.15) is 13.2 Å². The number of nitrogen functional groups attached to an aromatic ring is 1. The summed E-state index contributed by atoms with van der Waals surface area (Å²) >= 11 is 0. The highest BCUT2D eigenvalue weighted by molar-refractivity contribution is 5.93. The predicted molar refractivity (Wildman–Crippen MR) is 60.2 cm³/mol. The summed E-state index contributed by atoms with van der Waals surface area (Å²) in [6.45, 7) is -0.133. The lowest BCUT2D eigenvalue weighted by Crippen LogP contribution is -2.12. The molecule has 0 heterocycles. The Labute approximate surface area is 102 Å². The highest BCUT2D eigenvalue weighted by Crippen LogP contribution is 2.24. The molecule has 0 radical (unpaired) electrons. The van der Waals surface area contributed by atoms with E-state index in [4.69, 9.17) is 16.2 Å². The summed E-state index contributed by atoms with van der Waals surface area (Å²) in [6, 6.07) is 4.14. The number of benzene rings is 1. The van der Waals surface area contributed by atoms with E-state index in [1.807, 2.05) is 0 Å². The zero-order valence-corrected chi connectivity index (χ0v) is 9.46. The maximum absolute atomic E-state index is 11.9. The Morgan fingerprint density at radius 1 is 1.33 bits per heavy atom. The van der Waals surface area contributed by atoms with E-state index in [0.29, 0.717) is 0 Å². The van der Waals surface area contributed by atoms with Gasteiger partial charge in [0.25, 0.3) is 0 Å². The summed E-state index contributed by atoms with van der Waals surface area (Å²) in [5.41, 5.74) is 11.1. The Hall–Kier alpha value is -1.92. The first-order valence-corrected chi connectivity index (χ1v) is 5.18. The van der Waals surface area contributed by atoms with Crippen LogP contribution in [-0.4, -0.2) is 18.7 Å². The van der Waals surface area contributed by atoms with E-state index in [1.165, 1.54) is 18.2 Å². The second kappa shape index (κ2) is 5.61. The lowest BCUT2D eigenvalue weighted by Gasteiger charge is -2.10. The minimum Gasteiger partial charge on any atom is -0.491 e. The molecule has 1 aromatic carbocycles. The number of amides is 1. The molecule has 0 unspecified atom stereocenters. The van der Waals surface area contributed by atoms with E-state index >= 15 is 0 Å². The van der Waals surface area contributed by atoms with Crippen molar-refractivity contribution in [1.82, 2.24) is 0 Å². The number of hydrogen-bond donors (Lipinski definition) is 2. The van der Waals surface area contributed by atoms with Gasteiger partial charge in [0, 0.05) is 12.0 Å². The molecule has 0 aliphatic rings. The van der Waals surface area contributed by atoms with E-state index in [0.717, 1.165) is 0 Å². The smallest absolute Gasteiger partial charge is 0.389 e. The molecule has 0 aliphatic carbocycles. The van der Waals surface area contributed by atoms with E-state index in [-0.39, 0.29) is 30.0 Å². The number of hydrogen-bond acceptors (Lipinski definition) is 3.